The van der Waals surface area contributed by atoms with Gasteiger partial charge in [0, 0.05) is 24.0 Å². The second kappa shape index (κ2) is 20.1. The Bertz CT molecular complexity index is 1890. The Morgan fingerprint density at radius 1 is 0.816 bits per heavy atom. The lowest BCUT2D eigenvalue weighted by atomic mass is 9.83. The fourth-order valence-electron chi connectivity index (χ4n) is 5.74. The molecular formula is C47H52N2. The molecule has 1 aromatic heterocycles. The van der Waals surface area contributed by atoms with Crippen LogP contribution in [0, 0.1) is 20.8 Å². The Morgan fingerprint density at radius 2 is 1.51 bits per heavy atom. The van der Waals surface area contributed by atoms with E-state index in [0.29, 0.717) is 0 Å². The quantitative estimate of drug-likeness (QED) is 0.131. The van der Waals surface area contributed by atoms with E-state index >= 15 is 0 Å². The molecule has 1 heterocycles. The number of nitrogens with zero attached hydrogens (tertiary/aromatic N) is 2. The molecule has 49 heavy (non-hydrogen) atoms. The molecule has 0 radical (unpaired) electrons. The van der Waals surface area contributed by atoms with Crippen LogP contribution in [0.5, 0.6) is 0 Å². The number of hydrogen-bond donors (Lipinski definition) is 0. The van der Waals surface area contributed by atoms with Crippen LogP contribution in [0.2, 0.25) is 0 Å². The van der Waals surface area contributed by atoms with Crippen molar-refractivity contribution in [2.75, 3.05) is 0 Å². The third-order valence-electron chi connectivity index (χ3n) is 8.00. The van der Waals surface area contributed by atoms with Gasteiger partial charge in [-0.05, 0) is 114 Å². The highest BCUT2D eigenvalue weighted by Crippen LogP contribution is 2.39. The maximum absolute atomic E-state index is 4.81. The molecular weight excluding hydrogens is 593 g/mol. The first-order chi connectivity index (χ1) is 23.9. The normalized spacial score (nSPS) is 14.0. The van der Waals surface area contributed by atoms with Gasteiger partial charge in [0.2, 0.25) is 0 Å². The molecule has 1 unspecified atom stereocenters. The summed E-state index contributed by atoms with van der Waals surface area (Å²) in [7, 11) is 0. The summed E-state index contributed by atoms with van der Waals surface area (Å²) in [5.41, 5.74) is 14.5. The van der Waals surface area contributed by atoms with Crippen LogP contribution in [0.4, 0.5) is 0 Å². The first-order valence-electron chi connectivity index (χ1n) is 17.3. The van der Waals surface area contributed by atoms with Crippen molar-refractivity contribution in [1.82, 2.24) is 4.98 Å². The van der Waals surface area contributed by atoms with Gasteiger partial charge in [-0.3, -0.25) is 9.98 Å². The maximum atomic E-state index is 4.81. The number of pyridine rings is 1. The smallest absolute Gasteiger partial charge is 0.0668 e. The van der Waals surface area contributed by atoms with E-state index in [-0.39, 0.29) is 5.92 Å². The number of aryl methyl sites for hydroxylation is 3. The monoisotopic (exact) mass is 644 g/mol. The molecule has 3 aromatic carbocycles. The summed E-state index contributed by atoms with van der Waals surface area (Å²) in [5, 5.41) is 0. The highest BCUT2D eigenvalue weighted by molar-refractivity contribution is 5.86. The SMILES string of the molecule is C=C/C=C\C=C(/C)c1cc(-c2cc(C)cc(C3=CC=CC(c4ccccc4C)c4ccccc43)c2)cc(C)n1.C=CN=CC=CCC.CC. The number of benzene rings is 3. The molecule has 0 spiro atoms. The van der Waals surface area contributed by atoms with E-state index in [9.17, 15) is 0 Å². The second-order valence-electron chi connectivity index (χ2n) is 11.6. The zero-order valence-corrected chi connectivity index (χ0v) is 30.4. The van der Waals surface area contributed by atoms with E-state index in [1.54, 1.807) is 12.3 Å². The molecule has 0 N–H and O–H groups in total. The maximum Gasteiger partial charge on any atom is 0.0668 e. The van der Waals surface area contributed by atoms with E-state index in [4.69, 9.17) is 4.98 Å². The predicted octanol–water partition coefficient (Wildman–Crippen LogP) is 13.1. The summed E-state index contributed by atoms with van der Waals surface area (Å²) in [5.74, 6) is 0.218. The van der Waals surface area contributed by atoms with Crippen LogP contribution < -0.4 is 0 Å². The van der Waals surface area contributed by atoms with Crippen molar-refractivity contribution >= 4 is 17.4 Å². The fourth-order valence-corrected chi connectivity index (χ4v) is 5.74. The summed E-state index contributed by atoms with van der Waals surface area (Å²) < 4.78 is 0. The second-order valence-corrected chi connectivity index (χ2v) is 11.6. The number of aromatic nitrogens is 1. The van der Waals surface area contributed by atoms with Gasteiger partial charge in [0.25, 0.3) is 0 Å². The van der Waals surface area contributed by atoms with E-state index in [2.05, 4.69) is 156 Å². The molecule has 0 aliphatic heterocycles. The zero-order valence-electron chi connectivity index (χ0n) is 30.4. The minimum absolute atomic E-state index is 0.218. The third kappa shape index (κ3) is 10.8. The Hall–Kier alpha value is -5.34. The van der Waals surface area contributed by atoms with Crippen LogP contribution >= 0.6 is 0 Å². The molecule has 0 bridgehead atoms. The van der Waals surface area contributed by atoms with Crippen molar-refractivity contribution in [3.63, 3.8) is 0 Å². The molecule has 1 aliphatic carbocycles. The zero-order chi connectivity index (χ0) is 35.6. The van der Waals surface area contributed by atoms with Crippen molar-refractivity contribution in [2.24, 2.45) is 4.99 Å². The van der Waals surface area contributed by atoms with Crippen LogP contribution in [0.1, 0.15) is 84.8 Å². The minimum Gasteiger partial charge on any atom is -0.265 e. The number of hydrogen-bond acceptors (Lipinski definition) is 2. The van der Waals surface area contributed by atoms with Crippen molar-refractivity contribution < 1.29 is 0 Å². The van der Waals surface area contributed by atoms with Gasteiger partial charge in [-0.15, -0.1) is 0 Å². The summed E-state index contributed by atoms with van der Waals surface area (Å²) in [6.45, 7) is 21.8. The van der Waals surface area contributed by atoms with Crippen molar-refractivity contribution in [1.29, 1.82) is 0 Å². The molecule has 250 valence electrons. The van der Waals surface area contributed by atoms with Gasteiger partial charge in [0.1, 0.15) is 0 Å². The largest absolute Gasteiger partial charge is 0.265 e. The third-order valence-corrected chi connectivity index (χ3v) is 8.00. The standard InChI is InChI=1S/C38H35N.C7H11N.C2H6/c1-6-7-8-15-28(4)38-25-31(23-29(5)39-38)30-21-26(2)22-32(24-30)34-19-13-20-35(33-16-10-9-14-27(33)3)37-18-12-11-17-36(34)37;1-3-5-6-7-8-4-2;1-2/h6-25,35H,1H2,2-5H3;4-7H,2-3H2,1H3;1-2H3/b8-7-,28-15+;;. The van der Waals surface area contributed by atoms with E-state index in [1.165, 1.54) is 56.3 Å². The lowest BCUT2D eigenvalue weighted by Gasteiger charge is -2.20. The van der Waals surface area contributed by atoms with Crippen molar-refractivity contribution in [3.8, 4) is 11.1 Å². The van der Waals surface area contributed by atoms with Crippen LogP contribution in [0.25, 0.3) is 22.3 Å². The topological polar surface area (TPSA) is 25.2 Å². The number of rotatable bonds is 9. The van der Waals surface area contributed by atoms with Crippen molar-refractivity contribution in [3.05, 3.63) is 198 Å². The number of aliphatic imine (C=N–C) groups is 1. The lowest BCUT2D eigenvalue weighted by molar-refractivity contribution is 1.00. The Morgan fingerprint density at radius 3 is 2.22 bits per heavy atom. The molecule has 0 saturated heterocycles. The summed E-state index contributed by atoms with van der Waals surface area (Å²) in [4.78, 5) is 8.57. The molecule has 2 nitrogen and oxygen atoms in total. The van der Waals surface area contributed by atoms with E-state index in [0.717, 1.165) is 23.4 Å². The lowest BCUT2D eigenvalue weighted by Crippen LogP contribution is -2.03. The molecule has 1 aliphatic rings. The molecule has 0 fully saturated rings. The molecule has 5 rings (SSSR count). The van der Waals surface area contributed by atoms with Gasteiger partial charge >= 0.3 is 0 Å². The van der Waals surface area contributed by atoms with Crippen LogP contribution in [0.15, 0.2) is 158 Å². The fraction of sp³-hybridized carbons (Fsp3) is 0.191. The molecule has 2 heteroatoms. The molecule has 0 amide bonds. The Kier molecular flexibility index (Phi) is 15.6. The summed E-state index contributed by atoms with van der Waals surface area (Å²) in [6, 6.07) is 28.8. The molecule has 1 atom stereocenters. The number of allylic oxidation sites excluding steroid dienone is 10. The molecule has 4 aromatic rings. The Balaban J connectivity index is 0.000000573. The van der Waals surface area contributed by atoms with Gasteiger partial charge in [0.05, 0.1) is 5.69 Å². The van der Waals surface area contributed by atoms with Crippen molar-refractivity contribution in [2.45, 2.75) is 60.8 Å². The highest BCUT2D eigenvalue weighted by atomic mass is 14.7. The van der Waals surface area contributed by atoms with Crippen LogP contribution in [-0.4, -0.2) is 11.2 Å². The first kappa shape index (κ1) is 38.1. The van der Waals surface area contributed by atoms with Gasteiger partial charge in [-0.25, -0.2) is 0 Å². The van der Waals surface area contributed by atoms with Gasteiger partial charge in [-0.2, -0.15) is 0 Å². The van der Waals surface area contributed by atoms with Crippen LogP contribution in [-0.2, 0) is 0 Å². The predicted molar refractivity (Wildman–Crippen MR) is 217 cm³/mol. The van der Waals surface area contributed by atoms with E-state index in [1.807, 2.05) is 38.2 Å². The highest BCUT2D eigenvalue weighted by Gasteiger charge is 2.21. The van der Waals surface area contributed by atoms with Gasteiger partial charge in [-0.1, -0.05) is 143 Å². The Labute approximate surface area is 296 Å². The van der Waals surface area contributed by atoms with E-state index < -0.39 is 0 Å². The first-order valence-corrected chi connectivity index (χ1v) is 17.3. The summed E-state index contributed by atoms with van der Waals surface area (Å²) >= 11 is 0. The summed E-state index contributed by atoms with van der Waals surface area (Å²) in [6.07, 6.45) is 22.9. The van der Waals surface area contributed by atoms with Gasteiger partial charge in [0.15, 0.2) is 0 Å². The average molecular weight is 645 g/mol. The van der Waals surface area contributed by atoms with Crippen LogP contribution in [0.3, 0.4) is 0 Å². The number of fused-ring (bicyclic) bond motifs is 1. The van der Waals surface area contributed by atoms with Gasteiger partial charge < -0.3 is 0 Å². The minimum atomic E-state index is 0.218. The average Bonchev–Trinajstić information content (AvgIpc) is 3.31. The molecule has 0 saturated carbocycles.